The fourth-order valence-electron chi connectivity index (χ4n) is 5.42. The van der Waals surface area contributed by atoms with Crippen molar-refractivity contribution >= 4 is 40.5 Å². The highest BCUT2D eigenvalue weighted by Gasteiger charge is 2.23. The minimum absolute atomic E-state index is 0.156. The Morgan fingerprint density at radius 1 is 0.673 bits per heavy atom. The summed E-state index contributed by atoms with van der Waals surface area (Å²) in [5.41, 5.74) is 7.84. The number of carbonyl (C=O) groups excluding carboxylic acids is 2. The minimum Gasteiger partial charge on any atom is -0.444 e. The van der Waals surface area contributed by atoms with Crippen LogP contribution in [0.3, 0.4) is 0 Å². The normalized spacial score (nSPS) is 12.2. The van der Waals surface area contributed by atoms with Gasteiger partial charge in [-0.05, 0) is 41.7 Å². The lowest BCUT2D eigenvalue weighted by Gasteiger charge is -2.32. The largest absolute Gasteiger partial charge is 0.444 e. The molecule has 0 saturated heterocycles. The zero-order valence-corrected chi connectivity index (χ0v) is 29.4. The molecule has 256 valence electrons. The van der Waals surface area contributed by atoms with Crippen LogP contribution in [-0.2, 0) is 42.1 Å². The van der Waals surface area contributed by atoms with Crippen molar-refractivity contribution in [2.45, 2.75) is 44.7 Å². The van der Waals surface area contributed by atoms with Gasteiger partial charge in [-0.2, -0.15) is 0 Å². The molecule has 2 amide bonds. The highest BCUT2D eigenvalue weighted by atomic mass is 32.1. The number of anilines is 1. The van der Waals surface area contributed by atoms with E-state index in [-0.39, 0.29) is 25.3 Å². The summed E-state index contributed by atoms with van der Waals surface area (Å²) >= 11 is 2.88. The molecule has 0 saturated carbocycles. The number of ether oxygens (including phenoxy) is 2. The molecule has 2 aromatic heterocycles. The van der Waals surface area contributed by atoms with E-state index in [1.807, 2.05) is 50.5 Å². The molecule has 5 aromatic rings. The van der Waals surface area contributed by atoms with Crippen molar-refractivity contribution < 1.29 is 19.1 Å². The monoisotopic (exact) mass is 698 g/mol. The smallest absolute Gasteiger partial charge is 0.407 e. The van der Waals surface area contributed by atoms with Crippen molar-refractivity contribution in [3.8, 4) is 0 Å². The number of thiazole rings is 2. The molecule has 0 aliphatic heterocycles. The molecule has 5 rings (SSSR count). The predicted molar refractivity (Wildman–Crippen MR) is 195 cm³/mol. The van der Waals surface area contributed by atoms with Crippen LogP contribution in [0.15, 0.2) is 108 Å². The van der Waals surface area contributed by atoms with E-state index < -0.39 is 12.2 Å². The van der Waals surface area contributed by atoms with Crippen LogP contribution < -0.4 is 15.5 Å². The number of nitrogens with one attached hydrogen (secondary N) is 2. The number of amides is 2. The van der Waals surface area contributed by atoms with E-state index in [0.717, 1.165) is 32.1 Å². The van der Waals surface area contributed by atoms with Crippen LogP contribution in [0, 0.1) is 0 Å². The van der Waals surface area contributed by atoms with E-state index >= 15 is 0 Å². The van der Waals surface area contributed by atoms with Gasteiger partial charge in [-0.3, -0.25) is 14.9 Å². The first-order chi connectivity index (χ1) is 23.9. The van der Waals surface area contributed by atoms with Crippen LogP contribution in [0.2, 0.25) is 0 Å². The minimum atomic E-state index is -0.491. The number of aromatic nitrogens is 2. The molecule has 0 aliphatic rings. The van der Waals surface area contributed by atoms with Crippen molar-refractivity contribution in [1.82, 2.24) is 25.5 Å². The molecule has 3 aromatic carbocycles. The van der Waals surface area contributed by atoms with Gasteiger partial charge in [0, 0.05) is 63.9 Å². The van der Waals surface area contributed by atoms with Crippen LogP contribution in [0.4, 0.5) is 15.3 Å². The molecule has 2 N–H and O–H groups in total. The SMILES string of the molecule is CN(C)c1ccc(CN(C[C@H](Cc2ccccc2)NC(=O)OCc2cncs2)C[C@H](Cc2ccccc2)NC(=O)OCc2cncs2)cc1. The van der Waals surface area contributed by atoms with Gasteiger partial charge in [-0.25, -0.2) is 9.59 Å². The topological polar surface area (TPSA) is 109 Å². The molecular formula is C37H42N6O4S2. The summed E-state index contributed by atoms with van der Waals surface area (Å²) in [5, 5.41) is 6.25. The average Bonchev–Trinajstić information content (AvgIpc) is 3.83. The fourth-order valence-corrected chi connectivity index (χ4v) is 6.43. The number of alkyl carbamates (subject to hydrolysis) is 2. The van der Waals surface area contributed by atoms with Crippen LogP contribution in [0.1, 0.15) is 26.4 Å². The summed E-state index contributed by atoms with van der Waals surface area (Å²) in [7, 11) is 4.03. The molecule has 49 heavy (non-hydrogen) atoms. The second-order valence-corrected chi connectivity index (χ2v) is 13.8. The number of hydrogen-bond acceptors (Lipinski definition) is 10. The van der Waals surface area contributed by atoms with Gasteiger partial charge in [0.05, 0.1) is 20.8 Å². The zero-order valence-electron chi connectivity index (χ0n) is 27.7. The van der Waals surface area contributed by atoms with E-state index in [1.165, 1.54) is 22.7 Å². The molecule has 0 unspecified atom stereocenters. The van der Waals surface area contributed by atoms with E-state index in [0.29, 0.717) is 32.5 Å². The average molecular weight is 699 g/mol. The van der Waals surface area contributed by atoms with Crippen molar-refractivity contribution in [1.29, 1.82) is 0 Å². The Balaban J connectivity index is 1.37. The zero-order chi connectivity index (χ0) is 34.3. The first-order valence-corrected chi connectivity index (χ1v) is 17.8. The number of benzene rings is 3. The lowest BCUT2D eigenvalue weighted by molar-refractivity contribution is 0.126. The third-order valence-corrected chi connectivity index (χ3v) is 9.27. The Kier molecular flexibility index (Phi) is 13.5. The van der Waals surface area contributed by atoms with Crippen LogP contribution in [0.25, 0.3) is 0 Å². The van der Waals surface area contributed by atoms with Gasteiger partial charge in [-0.15, -0.1) is 22.7 Å². The number of hydrogen-bond donors (Lipinski definition) is 2. The molecule has 2 atom stereocenters. The van der Waals surface area contributed by atoms with Gasteiger partial charge >= 0.3 is 12.2 Å². The third-order valence-electron chi connectivity index (χ3n) is 7.77. The quantitative estimate of drug-likeness (QED) is 0.113. The highest BCUT2D eigenvalue weighted by molar-refractivity contribution is 7.09. The Labute approximate surface area is 295 Å². The van der Waals surface area contributed by atoms with Gasteiger partial charge in [0.25, 0.3) is 0 Å². The summed E-state index contributed by atoms with van der Waals surface area (Å²) in [6.45, 7) is 1.91. The standard InChI is InChI=1S/C37H42N6O4S2/c1-42(2)33-15-13-30(14-16-33)21-43(22-31(17-28-9-5-3-6-10-28)40-36(44)46-24-34-19-38-26-48-34)23-32(18-29-11-7-4-8-12-29)41-37(45)47-25-35-20-39-27-49-35/h3-16,19-20,26-27,31-32H,17-18,21-25H2,1-2H3,(H,40,44)(H,41,45)/t31-,32-/m0/s1. The molecule has 0 spiro atoms. The number of nitrogens with zero attached hydrogens (tertiary/aromatic N) is 4. The van der Waals surface area contributed by atoms with Crippen molar-refractivity contribution in [3.63, 3.8) is 0 Å². The molecular weight excluding hydrogens is 657 g/mol. The first kappa shape index (κ1) is 35.5. The fraction of sp³-hybridized carbons (Fsp3) is 0.297. The molecule has 0 bridgehead atoms. The van der Waals surface area contributed by atoms with Crippen molar-refractivity contribution in [3.05, 3.63) is 135 Å². The maximum Gasteiger partial charge on any atom is 0.407 e. The van der Waals surface area contributed by atoms with Gasteiger partial charge in [0.15, 0.2) is 0 Å². The first-order valence-electron chi connectivity index (χ1n) is 16.1. The summed E-state index contributed by atoms with van der Waals surface area (Å²) in [5.74, 6) is 0. The van der Waals surface area contributed by atoms with E-state index in [2.05, 4.69) is 78.9 Å². The Hall–Kier alpha value is -4.78. The molecule has 2 heterocycles. The van der Waals surface area contributed by atoms with Crippen LogP contribution >= 0.6 is 22.7 Å². The number of carbonyl (C=O) groups is 2. The van der Waals surface area contributed by atoms with Crippen LogP contribution in [-0.4, -0.2) is 66.3 Å². The number of rotatable bonds is 17. The van der Waals surface area contributed by atoms with Gasteiger partial charge < -0.3 is 25.0 Å². The molecule has 10 nitrogen and oxygen atoms in total. The Bertz CT molecular complexity index is 1570. The Morgan fingerprint density at radius 2 is 1.14 bits per heavy atom. The van der Waals surface area contributed by atoms with Crippen molar-refractivity contribution in [2.75, 3.05) is 32.1 Å². The maximum absolute atomic E-state index is 13.1. The molecule has 0 fully saturated rings. The van der Waals surface area contributed by atoms with Crippen LogP contribution in [0.5, 0.6) is 0 Å². The highest BCUT2D eigenvalue weighted by Crippen LogP contribution is 2.17. The van der Waals surface area contributed by atoms with Gasteiger partial charge in [-0.1, -0.05) is 72.8 Å². The lowest BCUT2D eigenvalue weighted by atomic mass is 10.0. The maximum atomic E-state index is 13.1. The second kappa shape index (κ2) is 18.7. The van der Waals surface area contributed by atoms with E-state index in [9.17, 15) is 9.59 Å². The van der Waals surface area contributed by atoms with E-state index in [4.69, 9.17) is 9.47 Å². The summed E-state index contributed by atoms with van der Waals surface area (Å²) in [6, 6.07) is 28.0. The lowest BCUT2D eigenvalue weighted by Crippen LogP contribution is -2.50. The molecule has 0 radical (unpaired) electrons. The second-order valence-electron chi connectivity index (χ2n) is 11.9. The van der Waals surface area contributed by atoms with Crippen molar-refractivity contribution in [2.24, 2.45) is 0 Å². The van der Waals surface area contributed by atoms with Gasteiger partial charge in [0.1, 0.15) is 13.2 Å². The Morgan fingerprint density at radius 3 is 1.55 bits per heavy atom. The third kappa shape index (κ3) is 12.3. The summed E-state index contributed by atoms with van der Waals surface area (Å²) < 4.78 is 11.2. The molecule has 0 aliphatic carbocycles. The summed E-state index contributed by atoms with van der Waals surface area (Å²) in [4.78, 5) is 40.4. The summed E-state index contributed by atoms with van der Waals surface area (Å²) in [6.07, 6.45) is 3.61. The van der Waals surface area contributed by atoms with E-state index in [1.54, 1.807) is 23.4 Å². The molecule has 12 heteroatoms. The predicted octanol–water partition coefficient (Wildman–Crippen LogP) is 6.54. The van der Waals surface area contributed by atoms with Gasteiger partial charge in [0.2, 0.25) is 0 Å².